The Bertz CT molecular complexity index is 956. The van der Waals surface area contributed by atoms with E-state index in [1.165, 1.54) is 5.56 Å². The van der Waals surface area contributed by atoms with Crippen LogP contribution >= 0.6 is 0 Å². The summed E-state index contributed by atoms with van der Waals surface area (Å²) >= 11 is 0. The van der Waals surface area contributed by atoms with Crippen molar-refractivity contribution < 1.29 is 14.4 Å². The van der Waals surface area contributed by atoms with Crippen molar-refractivity contribution in [2.75, 3.05) is 18.4 Å². The normalized spacial score (nSPS) is 19.9. The van der Waals surface area contributed by atoms with Crippen LogP contribution in [0.4, 0.5) is 5.69 Å². The summed E-state index contributed by atoms with van der Waals surface area (Å²) in [6.45, 7) is 2.60. The summed E-state index contributed by atoms with van der Waals surface area (Å²) in [6.07, 6.45) is 1.58. The quantitative estimate of drug-likeness (QED) is 0.823. The van der Waals surface area contributed by atoms with Crippen LogP contribution in [0.15, 0.2) is 48.5 Å². The van der Waals surface area contributed by atoms with Gasteiger partial charge in [0.2, 0.25) is 17.7 Å². The number of anilines is 1. The number of hydrogen-bond acceptors (Lipinski definition) is 3. The number of benzene rings is 2. The molecule has 2 N–H and O–H groups in total. The highest BCUT2D eigenvalue weighted by Crippen LogP contribution is 2.34. The Morgan fingerprint density at radius 2 is 1.83 bits per heavy atom. The second-order valence-electron chi connectivity index (χ2n) is 7.65. The minimum absolute atomic E-state index is 0.0171. The molecule has 2 aromatic carbocycles. The minimum Gasteiger partial charge on any atom is -0.356 e. The van der Waals surface area contributed by atoms with Crippen molar-refractivity contribution in [1.29, 1.82) is 0 Å². The van der Waals surface area contributed by atoms with Crippen LogP contribution in [-0.4, -0.2) is 35.7 Å². The highest BCUT2D eigenvalue weighted by Gasteiger charge is 2.32. The van der Waals surface area contributed by atoms with Gasteiger partial charge in [-0.25, -0.2) is 0 Å². The van der Waals surface area contributed by atoms with Crippen molar-refractivity contribution in [3.63, 3.8) is 0 Å². The van der Waals surface area contributed by atoms with Gasteiger partial charge in [-0.3, -0.25) is 14.4 Å². The first-order valence-electron chi connectivity index (χ1n) is 10.1. The average molecular weight is 391 g/mol. The summed E-state index contributed by atoms with van der Waals surface area (Å²) in [5.41, 5.74) is 4.08. The molecule has 6 heteroatoms. The van der Waals surface area contributed by atoms with Crippen molar-refractivity contribution in [2.24, 2.45) is 0 Å². The fraction of sp³-hybridized carbons (Fsp3) is 0.348. The summed E-state index contributed by atoms with van der Waals surface area (Å²) < 4.78 is 0. The lowest BCUT2D eigenvalue weighted by atomic mass is 9.90. The average Bonchev–Trinajstić information content (AvgIpc) is 3.03. The van der Waals surface area contributed by atoms with Gasteiger partial charge < -0.3 is 15.5 Å². The maximum Gasteiger partial charge on any atom is 0.232 e. The summed E-state index contributed by atoms with van der Waals surface area (Å²) in [5.74, 6) is -0.388. The van der Waals surface area contributed by atoms with E-state index in [2.05, 4.69) is 16.7 Å². The minimum atomic E-state index is -0.243. The third kappa shape index (κ3) is 3.88. The van der Waals surface area contributed by atoms with Gasteiger partial charge in [-0.1, -0.05) is 42.5 Å². The van der Waals surface area contributed by atoms with E-state index in [9.17, 15) is 14.4 Å². The Morgan fingerprint density at radius 1 is 1.10 bits per heavy atom. The first kappa shape index (κ1) is 19.2. The largest absolute Gasteiger partial charge is 0.356 e. The van der Waals surface area contributed by atoms with Crippen LogP contribution in [0.5, 0.6) is 0 Å². The Labute approximate surface area is 170 Å². The van der Waals surface area contributed by atoms with Gasteiger partial charge in [0, 0.05) is 25.7 Å². The van der Waals surface area contributed by atoms with Gasteiger partial charge in [0.15, 0.2) is 0 Å². The lowest BCUT2D eigenvalue weighted by Gasteiger charge is -2.36. The third-order valence-corrected chi connectivity index (χ3v) is 5.86. The van der Waals surface area contributed by atoms with E-state index in [0.717, 1.165) is 23.2 Å². The van der Waals surface area contributed by atoms with E-state index < -0.39 is 0 Å². The Balaban J connectivity index is 1.38. The molecule has 2 unspecified atom stereocenters. The standard InChI is InChI=1S/C23H25N3O3/c1-15(27)26-13-11-16-6-2-3-7-17(16)21(26)14-22(28)24-12-10-19-18-8-4-5-9-20(18)25-23(19)29/h2-9,19,21H,10-14H2,1H3,(H,24,28)(H,25,29). The molecule has 0 fully saturated rings. The smallest absolute Gasteiger partial charge is 0.232 e. The molecular weight excluding hydrogens is 366 g/mol. The number of amides is 3. The molecule has 6 nitrogen and oxygen atoms in total. The maximum absolute atomic E-state index is 12.6. The molecule has 0 spiro atoms. The lowest BCUT2D eigenvalue weighted by molar-refractivity contribution is -0.133. The molecule has 2 aromatic rings. The highest BCUT2D eigenvalue weighted by atomic mass is 16.2. The molecule has 2 heterocycles. The summed E-state index contributed by atoms with van der Waals surface area (Å²) in [7, 11) is 0. The molecule has 150 valence electrons. The van der Waals surface area contributed by atoms with Crippen LogP contribution in [0.3, 0.4) is 0 Å². The van der Waals surface area contributed by atoms with Crippen molar-refractivity contribution >= 4 is 23.4 Å². The third-order valence-electron chi connectivity index (χ3n) is 5.86. The lowest BCUT2D eigenvalue weighted by Crippen LogP contribution is -2.41. The highest BCUT2D eigenvalue weighted by molar-refractivity contribution is 6.02. The Morgan fingerprint density at radius 3 is 2.62 bits per heavy atom. The zero-order valence-corrected chi connectivity index (χ0v) is 16.5. The molecule has 2 atom stereocenters. The number of hydrogen-bond donors (Lipinski definition) is 2. The van der Waals surface area contributed by atoms with Crippen molar-refractivity contribution in [3.05, 3.63) is 65.2 Å². The monoisotopic (exact) mass is 391 g/mol. The van der Waals surface area contributed by atoms with Crippen LogP contribution in [0.25, 0.3) is 0 Å². The molecule has 0 radical (unpaired) electrons. The predicted octanol–water partition coefficient (Wildman–Crippen LogP) is 2.76. The van der Waals surface area contributed by atoms with Crippen molar-refractivity contribution in [2.45, 2.75) is 38.1 Å². The second-order valence-corrected chi connectivity index (χ2v) is 7.65. The first-order chi connectivity index (χ1) is 14.0. The molecule has 0 aliphatic carbocycles. The van der Waals surface area contributed by atoms with Crippen molar-refractivity contribution in [3.8, 4) is 0 Å². The van der Waals surface area contributed by atoms with Gasteiger partial charge in [0.1, 0.15) is 0 Å². The van der Waals surface area contributed by atoms with Gasteiger partial charge in [0.25, 0.3) is 0 Å². The number of nitrogens with zero attached hydrogens (tertiary/aromatic N) is 1. The molecule has 2 aliphatic heterocycles. The van der Waals surface area contributed by atoms with E-state index in [-0.39, 0.29) is 36.1 Å². The zero-order valence-electron chi connectivity index (χ0n) is 16.5. The maximum atomic E-state index is 12.6. The van der Waals surface area contributed by atoms with E-state index in [4.69, 9.17) is 0 Å². The predicted molar refractivity (Wildman–Crippen MR) is 110 cm³/mol. The first-order valence-corrected chi connectivity index (χ1v) is 10.1. The summed E-state index contributed by atoms with van der Waals surface area (Å²) in [4.78, 5) is 38.7. The number of para-hydroxylation sites is 1. The Kier molecular flexibility index (Phi) is 5.34. The fourth-order valence-corrected chi connectivity index (χ4v) is 4.41. The number of fused-ring (bicyclic) bond motifs is 2. The van der Waals surface area contributed by atoms with E-state index in [0.29, 0.717) is 19.5 Å². The number of carbonyl (C=O) groups is 3. The SMILES string of the molecule is CC(=O)N1CCc2ccccc2C1CC(=O)NCCC1C(=O)Nc2ccccc21. The number of rotatable bonds is 5. The van der Waals surface area contributed by atoms with Gasteiger partial charge >= 0.3 is 0 Å². The molecule has 3 amide bonds. The van der Waals surface area contributed by atoms with E-state index in [1.54, 1.807) is 11.8 Å². The molecule has 2 aliphatic rings. The van der Waals surface area contributed by atoms with Crippen LogP contribution < -0.4 is 10.6 Å². The molecule has 4 rings (SSSR count). The van der Waals surface area contributed by atoms with E-state index in [1.807, 2.05) is 42.5 Å². The van der Waals surface area contributed by atoms with Crippen LogP contribution in [-0.2, 0) is 20.8 Å². The second kappa shape index (κ2) is 8.07. The molecule has 0 aromatic heterocycles. The molecule has 29 heavy (non-hydrogen) atoms. The molecule has 0 saturated carbocycles. The van der Waals surface area contributed by atoms with Gasteiger partial charge in [-0.05, 0) is 35.6 Å². The molecule has 0 bridgehead atoms. The van der Waals surface area contributed by atoms with Crippen LogP contribution in [0.2, 0.25) is 0 Å². The van der Waals surface area contributed by atoms with E-state index >= 15 is 0 Å². The van der Waals surface area contributed by atoms with Gasteiger partial charge in [-0.2, -0.15) is 0 Å². The van der Waals surface area contributed by atoms with Crippen LogP contribution in [0.1, 0.15) is 48.4 Å². The molecular formula is C23H25N3O3. The molecule has 0 saturated heterocycles. The topological polar surface area (TPSA) is 78.5 Å². The number of carbonyl (C=O) groups excluding carboxylic acids is 3. The van der Waals surface area contributed by atoms with Gasteiger partial charge in [0.05, 0.1) is 18.4 Å². The Hall–Kier alpha value is -3.15. The fourth-order valence-electron chi connectivity index (χ4n) is 4.41. The number of nitrogens with one attached hydrogen (secondary N) is 2. The summed E-state index contributed by atoms with van der Waals surface area (Å²) in [5, 5.41) is 5.83. The van der Waals surface area contributed by atoms with Crippen LogP contribution in [0, 0.1) is 0 Å². The zero-order chi connectivity index (χ0) is 20.4. The van der Waals surface area contributed by atoms with Crippen molar-refractivity contribution in [1.82, 2.24) is 10.2 Å². The summed E-state index contributed by atoms with van der Waals surface area (Å²) in [6, 6.07) is 15.4. The van der Waals surface area contributed by atoms with Gasteiger partial charge in [-0.15, -0.1) is 0 Å².